The summed E-state index contributed by atoms with van der Waals surface area (Å²) in [6.45, 7) is 6.68. The second-order valence-electron chi connectivity index (χ2n) is 6.66. The van der Waals surface area contributed by atoms with Gasteiger partial charge in [-0.25, -0.2) is 0 Å². The first-order chi connectivity index (χ1) is 11.1. The van der Waals surface area contributed by atoms with E-state index in [4.69, 9.17) is 4.66 Å². The van der Waals surface area contributed by atoms with Crippen molar-refractivity contribution in [2.24, 2.45) is 9.32 Å². The largest absolute Gasteiger partial charge is 0.350 e. The molecule has 0 radical (unpaired) electrons. The molecule has 0 aliphatic heterocycles. The van der Waals surface area contributed by atoms with Crippen LogP contribution in [0.2, 0.25) is 18.1 Å². The van der Waals surface area contributed by atoms with Crippen LogP contribution in [0.4, 0.5) is 0 Å². The zero-order valence-corrected chi connectivity index (χ0v) is 20.7. The van der Waals surface area contributed by atoms with Crippen LogP contribution in [-0.4, -0.2) is 107 Å². The Morgan fingerprint density at radius 1 is 0.708 bits per heavy atom. The molecule has 8 heteroatoms. The highest BCUT2D eigenvalue weighted by atomic mass is 28.3. The zero-order chi connectivity index (χ0) is 19.3. The third-order valence-corrected chi connectivity index (χ3v) is 6.75. The molecule has 0 aromatic rings. The molecule has 0 rings (SSSR count). The molecule has 144 valence electrons. The highest BCUT2D eigenvalue weighted by Crippen LogP contribution is 2.02. The lowest BCUT2D eigenvalue weighted by Gasteiger charge is -2.24. The van der Waals surface area contributed by atoms with E-state index in [1.54, 1.807) is 0 Å². The molecule has 0 heterocycles. The Balaban J connectivity index is 0. The van der Waals surface area contributed by atoms with Crippen LogP contribution >= 0.6 is 0 Å². The maximum atomic E-state index is 4.82. The predicted molar refractivity (Wildman–Crippen MR) is 117 cm³/mol. The first-order valence-corrected chi connectivity index (χ1v) is 12.7. The summed E-state index contributed by atoms with van der Waals surface area (Å²) in [6, 6.07) is 3.74. The van der Waals surface area contributed by atoms with Crippen LogP contribution in [0, 0.1) is 0 Å². The van der Waals surface area contributed by atoms with Crippen LogP contribution < -0.4 is 0 Å². The van der Waals surface area contributed by atoms with E-state index in [0.29, 0.717) is 0 Å². The van der Waals surface area contributed by atoms with Gasteiger partial charge in [0.25, 0.3) is 0 Å². The lowest BCUT2D eigenvalue weighted by atomic mass is 10.7. The van der Waals surface area contributed by atoms with Gasteiger partial charge < -0.3 is 19.6 Å². The van der Waals surface area contributed by atoms with E-state index in [2.05, 4.69) is 73.2 Å². The molecule has 0 aromatic carbocycles. The van der Waals surface area contributed by atoms with Crippen LogP contribution in [0.25, 0.3) is 0 Å². The fourth-order valence-electron chi connectivity index (χ4n) is 2.16. The SMILES string of the molecule is CC[SiH2]N=C(N(C)C)N(C)C.CC[SiH](CC)N=C(N(C)C)N(C)C. The van der Waals surface area contributed by atoms with Crippen LogP contribution in [-0.2, 0) is 0 Å². The van der Waals surface area contributed by atoms with Gasteiger partial charge >= 0.3 is 0 Å². The van der Waals surface area contributed by atoms with Gasteiger partial charge in [0.05, 0.1) is 0 Å². The molecular formula is C16H42N6Si2. The Morgan fingerprint density at radius 3 is 1.33 bits per heavy atom. The molecule has 0 atom stereocenters. The van der Waals surface area contributed by atoms with Gasteiger partial charge in [0.2, 0.25) is 0 Å². The molecular weight excluding hydrogens is 332 g/mol. The van der Waals surface area contributed by atoms with Crippen molar-refractivity contribution >= 4 is 30.6 Å². The minimum Gasteiger partial charge on any atom is -0.350 e. The van der Waals surface area contributed by atoms with E-state index in [9.17, 15) is 0 Å². The summed E-state index contributed by atoms with van der Waals surface area (Å²) < 4.78 is 9.37. The zero-order valence-electron chi connectivity index (χ0n) is 18.1. The number of hydrogen-bond donors (Lipinski definition) is 0. The highest BCUT2D eigenvalue weighted by Gasteiger charge is 2.09. The Morgan fingerprint density at radius 2 is 1.08 bits per heavy atom. The fraction of sp³-hybridized carbons (Fsp3) is 0.875. The number of guanidine groups is 2. The summed E-state index contributed by atoms with van der Waals surface area (Å²) >= 11 is 0. The first kappa shape index (κ1) is 25.2. The highest BCUT2D eigenvalue weighted by molar-refractivity contribution is 6.58. The Bertz CT molecular complexity index is 344. The quantitative estimate of drug-likeness (QED) is 0.412. The fourth-order valence-corrected chi connectivity index (χ4v) is 4.88. The molecule has 0 N–H and O–H groups in total. The Kier molecular flexibility index (Phi) is 15.1. The molecule has 24 heavy (non-hydrogen) atoms. The van der Waals surface area contributed by atoms with Crippen molar-refractivity contribution in [1.29, 1.82) is 0 Å². The molecule has 0 aliphatic carbocycles. The minimum absolute atomic E-state index is 0.207. The van der Waals surface area contributed by atoms with Crippen molar-refractivity contribution in [3.05, 3.63) is 0 Å². The van der Waals surface area contributed by atoms with E-state index < -0.39 is 8.96 Å². The van der Waals surface area contributed by atoms with Crippen molar-refractivity contribution in [2.75, 3.05) is 56.4 Å². The molecule has 0 saturated carbocycles. The van der Waals surface area contributed by atoms with Crippen molar-refractivity contribution < 1.29 is 0 Å². The number of rotatable bonds is 5. The molecule has 0 unspecified atom stereocenters. The topological polar surface area (TPSA) is 37.7 Å². The molecule has 6 nitrogen and oxygen atoms in total. The van der Waals surface area contributed by atoms with Crippen LogP contribution in [0.3, 0.4) is 0 Å². The van der Waals surface area contributed by atoms with Gasteiger partial charge in [-0.05, 0) is 18.1 Å². The summed E-state index contributed by atoms with van der Waals surface area (Å²) in [4.78, 5) is 8.29. The standard InChI is InChI=1S/C9H23N3Si.C7H19N3Si/c1-7-13(8-2)10-9(11(3)4)12(5)6;1-6-11-8-7(9(2)3)10(4)5/h13H,7-8H2,1-6H3;6,11H2,1-5H3. The summed E-state index contributed by atoms with van der Waals surface area (Å²) in [7, 11) is 15.3. The molecule has 0 saturated heterocycles. The summed E-state index contributed by atoms with van der Waals surface area (Å²) in [5.41, 5.74) is 0. The maximum absolute atomic E-state index is 4.82. The second kappa shape index (κ2) is 14.3. The van der Waals surface area contributed by atoms with Gasteiger partial charge in [0.15, 0.2) is 30.6 Å². The Hall–Kier alpha value is -1.03. The van der Waals surface area contributed by atoms with Crippen molar-refractivity contribution in [1.82, 2.24) is 19.6 Å². The van der Waals surface area contributed by atoms with Gasteiger partial charge in [-0.15, -0.1) is 0 Å². The second-order valence-corrected chi connectivity index (χ2v) is 11.6. The van der Waals surface area contributed by atoms with E-state index in [0.717, 1.165) is 11.9 Å². The lowest BCUT2D eigenvalue weighted by molar-refractivity contribution is 0.485. The first-order valence-electron chi connectivity index (χ1n) is 8.93. The van der Waals surface area contributed by atoms with E-state index in [-0.39, 0.29) is 9.68 Å². The summed E-state index contributed by atoms with van der Waals surface area (Å²) in [5.74, 6) is 2.21. The number of nitrogens with zero attached hydrogens (tertiary/aromatic N) is 6. The summed E-state index contributed by atoms with van der Waals surface area (Å²) in [6.07, 6.45) is 0. The van der Waals surface area contributed by atoms with Gasteiger partial charge in [-0.2, -0.15) is 0 Å². The monoisotopic (exact) mass is 374 g/mol. The van der Waals surface area contributed by atoms with E-state index in [1.165, 1.54) is 18.1 Å². The molecule has 0 aromatic heterocycles. The number of hydrogen-bond acceptors (Lipinski definition) is 2. The summed E-state index contributed by atoms with van der Waals surface area (Å²) in [5, 5.41) is 0. The lowest BCUT2D eigenvalue weighted by Crippen LogP contribution is -2.37. The van der Waals surface area contributed by atoms with Gasteiger partial charge in [0, 0.05) is 56.4 Å². The maximum Gasteiger partial charge on any atom is 0.185 e. The third kappa shape index (κ3) is 11.5. The predicted octanol–water partition coefficient (Wildman–Crippen LogP) is 1.22. The molecule has 0 spiro atoms. The van der Waals surface area contributed by atoms with Gasteiger partial charge in [-0.1, -0.05) is 20.8 Å². The van der Waals surface area contributed by atoms with Crippen LogP contribution in [0.1, 0.15) is 20.8 Å². The minimum atomic E-state index is -0.858. The molecule has 0 bridgehead atoms. The van der Waals surface area contributed by atoms with Crippen molar-refractivity contribution in [3.63, 3.8) is 0 Å². The third-order valence-electron chi connectivity index (χ3n) is 3.32. The Labute approximate surface area is 155 Å². The average molecular weight is 375 g/mol. The van der Waals surface area contributed by atoms with E-state index >= 15 is 0 Å². The normalized spacial score (nSPS) is 10.2. The molecule has 0 aliphatic rings. The smallest absolute Gasteiger partial charge is 0.185 e. The van der Waals surface area contributed by atoms with E-state index in [1.807, 2.05) is 28.2 Å². The van der Waals surface area contributed by atoms with Crippen LogP contribution in [0.5, 0.6) is 0 Å². The van der Waals surface area contributed by atoms with Crippen LogP contribution in [0.15, 0.2) is 9.32 Å². The molecule has 0 amide bonds. The van der Waals surface area contributed by atoms with Crippen molar-refractivity contribution in [3.8, 4) is 0 Å². The van der Waals surface area contributed by atoms with Crippen molar-refractivity contribution in [2.45, 2.75) is 38.9 Å². The average Bonchev–Trinajstić information content (AvgIpc) is 2.48. The molecule has 0 fully saturated rings. The van der Waals surface area contributed by atoms with Gasteiger partial charge in [-0.3, -0.25) is 9.32 Å². The van der Waals surface area contributed by atoms with Gasteiger partial charge in [0.1, 0.15) is 0 Å².